The van der Waals surface area contributed by atoms with E-state index in [1.165, 1.54) is 4.90 Å². The molecule has 0 aliphatic heterocycles. The number of nitrogens with zero attached hydrogens (tertiary/aromatic N) is 1. The topological polar surface area (TPSA) is 95.9 Å². The van der Waals surface area contributed by atoms with Crippen LogP contribution in [-0.4, -0.2) is 53.7 Å². The monoisotopic (exact) mass is 466 g/mol. The molecule has 2 N–H and O–H groups in total. The number of hydrogen-bond donors (Lipinski definition) is 2. The Morgan fingerprint density at radius 3 is 2.12 bits per heavy atom. The van der Waals surface area contributed by atoms with Gasteiger partial charge in [-0.1, -0.05) is 62.4 Å². The molecule has 0 fully saturated rings. The molecule has 3 rings (SSSR count). The summed E-state index contributed by atoms with van der Waals surface area (Å²) in [7, 11) is 0. The lowest BCUT2D eigenvalue weighted by atomic mass is 9.98. The van der Waals surface area contributed by atoms with Gasteiger partial charge in [0.1, 0.15) is 12.6 Å². The Morgan fingerprint density at radius 2 is 1.59 bits per heavy atom. The van der Waals surface area contributed by atoms with E-state index in [1.54, 1.807) is 6.92 Å². The molecule has 1 aliphatic rings. The van der Waals surface area contributed by atoms with E-state index in [-0.39, 0.29) is 31.4 Å². The number of carbonyl (C=O) groups excluding carboxylic acids is 2. The summed E-state index contributed by atoms with van der Waals surface area (Å²) in [6.07, 6.45) is 0.431. The van der Waals surface area contributed by atoms with Crippen LogP contribution in [0.4, 0.5) is 4.79 Å². The van der Waals surface area contributed by atoms with Gasteiger partial charge in [-0.3, -0.25) is 9.59 Å². The molecule has 2 aromatic carbocycles. The van der Waals surface area contributed by atoms with Crippen molar-refractivity contribution < 1.29 is 24.2 Å². The van der Waals surface area contributed by atoms with Crippen molar-refractivity contribution in [3.8, 4) is 11.1 Å². The average molecular weight is 467 g/mol. The number of ether oxygens (including phenoxy) is 1. The zero-order valence-electron chi connectivity index (χ0n) is 20.1. The van der Waals surface area contributed by atoms with Crippen LogP contribution in [0.2, 0.25) is 0 Å². The highest BCUT2D eigenvalue weighted by Gasteiger charge is 2.30. The molecule has 0 heterocycles. The van der Waals surface area contributed by atoms with Crippen LogP contribution in [-0.2, 0) is 14.3 Å². The lowest BCUT2D eigenvalue weighted by molar-refractivity contribution is -0.139. The molecule has 0 aromatic heterocycles. The second-order valence-corrected chi connectivity index (χ2v) is 9.06. The Hall–Kier alpha value is -3.35. The highest BCUT2D eigenvalue weighted by atomic mass is 16.5. The maximum atomic E-state index is 13.1. The lowest BCUT2D eigenvalue weighted by Gasteiger charge is -2.27. The molecule has 2 amide bonds. The Balaban J connectivity index is 1.67. The summed E-state index contributed by atoms with van der Waals surface area (Å²) >= 11 is 0. The Bertz CT molecular complexity index is 974. The minimum absolute atomic E-state index is 0.0642. The van der Waals surface area contributed by atoms with E-state index in [0.717, 1.165) is 28.7 Å². The van der Waals surface area contributed by atoms with Gasteiger partial charge in [-0.25, -0.2) is 4.79 Å². The summed E-state index contributed by atoms with van der Waals surface area (Å²) in [5, 5.41) is 11.7. The van der Waals surface area contributed by atoms with Crippen molar-refractivity contribution in [2.45, 2.75) is 52.0 Å². The second-order valence-electron chi connectivity index (χ2n) is 9.06. The summed E-state index contributed by atoms with van der Waals surface area (Å²) in [6.45, 7) is 6.55. The molecule has 0 saturated carbocycles. The number of carboxylic acids is 1. The highest BCUT2D eigenvalue weighted by Crippen LogP contribution is 2.44. The van der Waals surface area contributed by atoms with Crippen LogP contribution in [0, 0.1) is 5.92 Å². The van der Waals surface area contributed by atoms with Crippen molar-refractivity contribution >= 4 is 18.0 Å². The number of alkyl carbamates (subject to hydrolysis) is 1. The first-order chi connectivity index (χ1) is 16.3. The first kappa shape index (κ1) is 25.3. The van der Waals surface area contributed by atoms with Crippen molar-refractivity contribution in [2.75, 3.05) is 19.7 Å². The normalized spacial score (nSPS) is 13.2. The second kappa shape index (κ2) is 11.7. The van der Waals surface area contributed by atoms with Crippen LogP contribution in [0.15, 0.2) is 48.5 Å². The Morgan fingerprint density at radius 1 is 1.00 bits per heavy atom. The van der Waals surface area contributed by atoms with Crippen LogP contribution in [0.25, 0.3) is 11.1 Å². The molecule has 0 saturated heterocycles. The van der Waals surface area contributed by atoms with Gasteiger partial charge in [0.2, 0.25) is 5.91 Å². The number of carbonyl (C=O) groups is 3. The lowest BCUT2D eigenvalue weighted by Crippen LogP contribution is -2.49. The number of likely N-dealkylation sites (N-methyl/N-ethyl adjacent to an activating group) is 1. The third-order valence-electron chi connectivity index (χ3n) is 6.26. The number of carboxylic acid groups (broad SMARTS) is 1. The van der Waals surface area contributed by atoms with Crippen molar-refractivity contribution in [2.24, 2.45) is 5.92 Å². The quantitative estimate of drug-likeness (QED) is 0.502. The predicted octanol–water partition coefficient (Wildman–Crippen LogP) is 4.65. The third kappa shape index (κ3) is 6.16. The van der Waals surface area contributed by atoms with Crippen LogP contribution in [0.5, 0.6) is 0 Å². The average Bonchev–Trinajstić information content (AvgIpc) is 3.14. The van der Waals surface area contributed by atoms with Gasteiger partial charge in [-0.2, -0.15) is 0 Å². The zero-order valence-corrected chi connectivity index (χ0v) is 20.1. The maximum absolute atomic E-state index is 13.1. The predicted molar refractivity (Wildman–Crippen MR) is 131 cm³/mol. The van der Waals surface area contributed by atoms with Crippen molar-refractivity contribution in [3.05, 3.63) is 59.7 Å². The summed E-state index contributed by atoms with van der Waals surface area (Å²) < 4.78 is 5.62. The number of rotatable bonds is 11. The van der Waals surface area contributed by atoms with E-state index in [4.69, 9.17) is 9.84 Å². The molecule has 0 bridgehead atoms. The van der Waals surface area contributed by atoms with Crippen molar-refractivity contribution in [1.82, 2.24) is 10.2 Å². The highest BCUT2D eigenvalue weighted by molar-refractivity contribution is 5.86. The van der Waals surface area contributed by atoms with Gasteiger partial charge < -0.3 is 20.1 Å². The number of nitrogens with one attached hydrogen (secondary N) is 1. The van der Waals surface area contributed by atoms with E-state index in [1.807, 2.05) is 24.3 Å². The molecule has 7 heteroatoms. The summed E-state index contributed by atoms with van der Waals surface area (Å²) in [6, 6.07) is 15.5. The zero-order chi connectivity index (χ0) is 24.7. The fourth-order valence-electron chi connectivity index (χ4n) is 4.41. The largest absolute Gasteiger partial charge is 0.481 e. The summed E-state index contributed by atoms with van der Waals surface area (Å²) in [5.74, 6) is -0.952. The number of aliphatic carboxylic acids is 1. The molecule has 1 unspecified atom stereocenters. The Labute approximate surface area is 201 Å². The van der Waals surface area contributed by atoms with Gasteiger partial charge >= 0.3 is 12.1 Å². The fraction of sp³-hybridized carbons (Fsp3) is 0.444. The van der Waals surface area contributed by atoms with Gasteiger partial charge in [0.05, 0.1) is 6.42 Å². The molecular weight excluding hydrogens is 432 g/mol. The van der Waals surface area contributed by atoms with Crippen LogP contribution in [0.3, 0.4) is 0 Å². The number of hydrogen-bond acceptors (Lipinski definition) is 4. The molecule has 7 nitrogen and oxygen atoms in total. The molecule has 1 atom stereocenters. The van der Waals surface area contributed by atoms with E-state index >= 15 is 0 Å². The van der Waals surface area contributed by atoms with Gasteiger partial charge in [0.25, 0.3) is 0 Å². The van der Waals surface area contributed by atoms with E-state index in [0.29, 0.717) is 18.9 Å². The number of fused-ring (bicyclic) bond motifs is 3. The van der Waals surface area contributed by atoms with Crippen molar-refractivity contribution in [1.29, 1.82) is 0 Å². The van der Waals surface area contributed by atoms with Crippen LogP contribution in [0.1, 0.15) is 57.1 Å². The van der Waals surface area contributed by atoms with E-state index < -0.39 is 18.1 Å². The maximum Gasteiger partial charge on any atom is 0.407 e. The molecule has 182 valence electrons. The third-order valence-corrected chi connectivity index (χ3v) is 6.26. The minimum Gasteiger partial charge on any atom is -0.481 e. The summed E-state index contributed by atoms with van der Waals surface area (Å²) in [4.78, 5) is 38.3. The standard InChI is InChI=1S/C27H34N2O5/c1-4-29(16-15-25(30)31)26(32)24(14-13-18(2)3)28-27(33)34-17-23-21-11-7-5-9-19(21)20-10-6-8-12-22(20)23/h5-12,18,23-24H,4,13-17H2,1-3H3,(H,28,33)(H,30,31). The number of amides is 2. The van der Waals surface area contributed by atoms with Crippen molar-refractivity contribution in [3.63, 3.8) is 0 Å². The fourth-order valence-corrected chi connectivity index (χ4v) is 4.41. The van der Waals surface area contributed by atoms with Gasteiger partial charge in [-0.15, -0.1) is 0 Å². The minimum atomic E-state index is -0.963. The Kier molecular flexibility index (Phi) is 8.68. The first-order valence-electron chi connectivity index (χ1n) is 11.9. The molecular formula is C27H34N2O5. The molecule has 2 aromatic rings. The molecule has 0 spiro atoms. The van der Waals surface area contributed by atoms with Gasteiger partial charge in [-0.05, 0) is 47.9 Å². The van der Waals surface area contributed by atoms with Gasteiger partial charge in [0, 0.05) is 19.0 Å². The molecule has 1 aliphatic carbocycles. The molecule has 0 radical (unpaired) electrons. The SMILES string of the molecule is CCN(CCC(=O)O)C(=O)C(CCC(C)C)NC(=O)OCC1c2ccccc2-c2ccccc21. The van der Waals surface area contributed by atoms with E-state index in [9.17, 15) is 14.4 Å². The van der Waals surface area contributed by atoms with Gasteiger partial charge in [0.15, 0.2) is 0 Å². The number of benzene rings is 2. The van der Waals surface area contributed by atoms with Crippen LogP contribution < -0.4 is 5.32 Å². The summed E-state index contributed by atoms with van der Waals surface area (Å²) in [5.41, 5.74) is 4.53. The smallest absolute Gasteiger partial charge is 0.407 e. The molecule has 34 heavy (non-hydrogen) atoms. The van der Waals surface area contributed by atoms with E-state index in [2.05, 4.69) is 43.4 Å². The first-order valence-corrected chi connectivity index (χ1v) is 11.9. The van der Waals surface area contributed by atoms with Crippen LogP contribution >= 0.6 is 0 Å².